The van der Waals surface area contributed by atoms with E-state index in [1.165, 1.54) is 7.11 Å². The Hall–Kier alpha value is -0.750. The summed E-state index contributed by atoms with van der Waals surface area (Å²) in [5.74, 6) is 0.784. The molecule has 2 rings (SSSR count). The SMILES string of the molecule is COC(=O)CC1(CS(=O)Cc2ccc(Br)cn2)CC1. The molecule has 0 amide bonds. The summed E-state index contributed by atoms with van der Waals surface area (Å²) < 4.78 is 17.7. The Morgan fingerprint density at radius 3 is 2.79 bits per heavy atom. The lowest BCUT2D eigenvalue weighted by Crippen LogP contribution is -2.18. The molecule has 1 aromatic heterocycles. The normalized spacial score (nSPS) is 17.8. The highest BCUT2D eigenvalue weighted by Crippen LogP contribution is 2.49. The average Bonchev–Trinajstić information content (AvgIpc) is 3.11. The summed E-state index contributed by atoms with van der Waals surface area (Å²) in [5.41, 5.74) is 0.725. The van der Waals surface area contributed by atoms with Gasteiger partial charge in [-0.1, -0.05) is 0 Å². The molecule has 0 N–H and O–H groups in total. The monoisotopic (exact) mass is 345 g/mol. The van der Waals surface area contributed by atoms with Gasteiger partial charge in [-0.05, 0) is 46.3 Å². The van der Waals surface area contributed by atoms with E-state index in [-0.39, 0.29) is 11.4 Å². The van der Waals surface area contributed by atoms with Crippen molar-refractivity contribution in [1.82, 2.24) is 4.98 Å². The molecule has 4 nitrogen and oxygen atoms in total. The number of nitrogens with zero attached hydrogens (tertiary/aromatic N) is 1. The van der Waals surface area contributed by atoms with Crippen molar-refractivity contribution in [2.75, 3.05) is 12.9 Å². The van der Waals surface area contributed by atoms with Gasteiger partial charge in [-0.2, -0.15) is 0 Å². The lowest BCUT2D eigenvalue weighted by atomic mass is 10.1. The summed E-state index contributed by atoms with van der Waals surface area (Å²) in [6.07, 6.45) is 4.00. The second-order valence-corrected chi connectivity index (χ2v) is 7.32. The minimum Gasteiger partial charge on any atom is -0.469 e. The Labute approximate surface area is 123 Å². The summed E-state index contributed by atoms with van der Waals surface area (Å²) in [6.45, 7) is 0. The molecule has 104 valence electrons. The van der Waals surface area contributed by atoms with Crippen LogP contribution in [0.3, 0.4) is 0 Å². The topological polar surface area (TPSA) is 56.3 Å². The first-order chi connectivity index (χ1) is 9.03. The van der Waals surface area contributed by atoms with Gasteiger partial charge < -0.3 is 4.74 Å². The van der Waals surface area contributed by atoms with Gasteiger partial charge in [0.05, 0.1) is 25.0 Å². The number of hydrogen-bond donors (Lipinski definition) is 0. The molecule has 6 heteroatoms. The summed E-state index contributed by atoms with van der Waals surface area (Å²) >= 11 is 3.32. The predicted octanol–water partition coefficient (Wildman–Crippen LogP) is 2.44. The van der Waals surface area contributed by atoms with Crippen LogP contribution in [0.25, 0.3) is 0 Å². The van der Waals surface area contributed by atoms with Crippen LogP contribution in [0.4, 0.5) is 0 Å². The second-order valence-electron chi connectivity index (χ2n) is 4.95. The van der Waals surface area contributed by atoms with Crippen molar-refractivity contribution in [2.45, 2.75) is 25.0 Å². The molecule has 0 aliphatic heterocycles. The van der Waals surface area contributed by atoms with Gasteiger partial charge in [0.2, 0.25) is 0 Å². The number of methoxy groups -OCH3 is 1. The highest BCUT2D eigenvalue weighted by atomic mass is 79.9. The van der Waals surface area contributed by atoms with Gasteiger partial charge in [0, 0.05) is 27.2 Å². The number of esters is 1. The zero-order chi connectivity index (χ0) is 13.9. The van der Waals surface area contributed by atoms with E-state index in [1.807, 2.05) is 12.1 Å². The van der Waals surface area contributed by atoms with Crippen molar-refractivity contribution >= 4 is 32.7 Å². The number of rotatable bonds is 6. The molecule has 1 aliphatic rings. The van der Waals surface area contributed by atoms with E-state index < -0.39 is 10.8 Å². The van der Waals surface area contributed by atoms with Gasteiger partial charge in [0.1, 0.15) is 0 Å². The quantitative estimate of drug-likeness (QED) is 0.743. The van der Waals surface area contributed by atoms with Crippen molar-refractivity contribution in [3.63, 3.8) is 0 Å². The Kier molecular flexibility index (Phi) is 4.73. The van der Waals surface area contributed by atoms with Crippen LogP contribution in [0.15, 0.2) is 22.8 Å². The first kappa shape index (κ1) is 14.7. The number of carbonyl (C=O) groups is 1. The van der Waals surface area contributed by atoms with E-state index in [2.05, 4.69) is 25.7 Å². The average molecular weight is 346 g/mol. The highest BCUT2D eigenvalue weighted by molar-refractivity contribution is 9.10. The summed E-state index contributed by atoms with van der Waals surface area (Å²) in [4.78, 5) is 15.5. The number of pyridine rings is 1. The zero-order valence-electron chi connectivity index (χ0n) is 10.7. The van der Waals surface area contributed by atoms with E-state index in [1.54, 1.807) is 6.20 Å². The molecule has 1 atom stereocenters. The Morgan fingerprint density at radius 2 is 2.26 bits per heavy atom. The van der Waals surface area contributed by atoms with Crippen LogP contribution in [-0.2, 0) is 26.1 Å². The molecule has 0 radical (unpaired) electrons. The van der Waals surface area contributed by atoms with Crippen LogP contribution in [0.2, 0.25) is 0 Å². The van der Waals surface area contributed by atoms with E-state index in [0.29, 0.717) is 17.9 Å². The Bertz CT molecular complexity index is 485. The van der Waals surface area contributed by atoms with Gasteiger partial charge in [-0.15, -0.1) is 0 Å². The van der Waals surface area contributed by atoms with Crippen LogP contribution < -0.4 is 0 Å². The lowest BCUT2D eigenvalue weighted by Gasteiger charge is -2.12. The summed E-state index contributed by atoms with van der Waals surface area (Å²) in [6, 6.07) is 3.75. The fourth-order valence-electron chi connectivity index (χ4n) is 1.98. The van der Waals surface area contributed by atoms with Crippen molar-refractivity contribution in [3.8, 4) is 0 Å². The van der Waals surface area contributed by atoms with Crippen molar-refractivity contribution < 1.29 is 13.7 Å². The predicted molar refractivity (Wildman–Crippen MR) is 77.0 cm³/mol. The smallest absolute Gasteiger partial charge is 0.306 e. The maximum Gasteiger partial charge on any atom is 0.306 e. The minimum atomic E-state index is -0.989. The van der Waals surface area contributed by atoms with Crippen LogP contribution in [0.1, 0.15) is 25.0 Å². The van der Waals surface area contributed by atoms with Crippen molar-refractivity contribution in [1.29, 1.82) is 0 Å². The van der Waals surface area contributed by atoms with Gasteiger partial charge >= 0.3 is 5.97 Å². The van der Waals surface area contributed by atoms with Crippen LogP contribution in [-0.4, -0.2) is 28.0 Å². The van der Waals surface area contributed by atoms with Gasteiger partial charge in [-0.25, -0.2) is 0 Å². The number of carbonyl (C=O) groups excluding carboxylic acids is 1. The van der Waals surface area contributed by atoms with Gasteiger partial charge in [0.25, 0.3) is 0 Å². The van der Waals surface area contributed by atoms with E-state index in [0.717, 1.165) is 23.0 Å². The molecule has 19 heavy (non-hydrogen) atoms. The molecule has 1 saturated carbocycles. The molecular formula is C13H16BrNO3S. The highest BCUT2D eigenvalue weighted by Gasteiger charge is 2.45. The van der Waals surface area contributed by atoms with Crippen LogP contribution in [0.5, 0.6) is 0 Å². The fourth-order valence-corrected chi connectivity index (χ4v) is 3.89. The molecule has 1 heterocycles. The zero-order valence-corrected chi connectivity index (χ0v) is 13.1. The van der Waals surface area contributed by atoms with Gasteiger partial charge in [0.15, 0.2) is 0 Å². The van der Waals surface area contributed by atoms with E-state index >= 15 is 0 Å². The molecule has 0 saturated heterocycles. The molecule has 0 aromatic carbocycles. The summed E-state index contributed by atoms with van der Waals surface area (Å²) in [7, 11) is 0.401. The standard InChI is InChI=1S/C13H16BrNO3S/c1-18-12(16)6-13(4-5-13)9-19(17)8-11-3-2-10(14)7-15-11/h2-3,7H,4-6,8-9H2,1H3. The minimum absolute atomic E-state index is 0.0900. The third kappa shape index (κ3) is 4.38. The van der Waals surface area contributed by atoms with Crippen LogP contribution in [0, 0.1) is 5.41 Å². The lowest BCUT2D eigenvalue weighted by molar-refractivity contribution is -0.141. The molecule has 0 bridgehead atoms. The Balaban J connectivity index is 1.87. The molecule has 1 unspecified atom stereocenters. The largest absolute Gasteiger partial charge is 0.469 e. The molecular weight excluding hydrogens is 330 g/mol. The van der Waals surface area contributed by atoms with Gasteiger partial charge in [-0.3, -0.25) is 14.0 Å². The Morgan fingerprint density at radius 1 is 1.53 bits per heavy atom. The first-order valence-corrected chi connectivity index (χ1v) is 8.33. The second kappa shape index (κ2) is 6.13. The number of ether oxygens (including phenoxy) is 1. The molecule has 1 aromatic rings. The number of aromatic nitrogens is 1. The molecule has 1 fully saturated rings. The number of halogens is 1. The maximum atomic E-state index is 12.1. The van der Waals surface area contributed by atoms with E-state index in [4.69, 9.17) is 0 Å². The third-order valence-corrected chi connectivity index (χ3v) is 5.29. The third-order valence-electron chi connectivity index (χ3n) is 3.27. The molecule has 1 aliphatic carbocycles. The summed E-state index contributed by atoms with van der Waals surface area (Å²) in [5, 5.41) is 0. The van der Waals surface area contributed by atoms with Crippen LogP contribution >= 0.6 is 15.9 Å². The maximum absolute atomic E-state index is 12.1. The number of hydrogen-bond acceptors (Lipinski definition) is 4. The first-order valence-electron chi connectivity index (χ1n) is 6.05. The fraction of sp³-hybridized carbons (Fsp3) is 0.538. The van der Waals surface area contributed by atoms with Crippen molar-refractivity contribution in [3.05, 3.63) is 28.5 Å². The molecule has 0 spiro atoms. The van der Waals surface area contributed by atoms with E-state index in [9.17, 15) is 9.00 Å². The van der Waals surface area contributed by atoms with Crippen molar-refractivity contribution in [2.24, 2.45) is 5.41 Å².